The zero-order valence-corrected chi connectivity index (χ0v) is 16.5. The predicted octanol–water partition coefficient (Wildman–Crippen LogP) is 3.53. The van der Waals surface area contributed by atoms with Crippen molar-refractivity contribution in [2.24, 2.45) is 0 Å². The maximum atomic E-state index is 14.2. The van der Waals surface area contributed by atoms with Crippen molar-refractivity contribution in [3.05, 3.63) is 83.6 Å². The molecular formula is C22H22FN3OS. The van der Waals surface area contributed by atoms with Gasteiger partial charge in [0.1, 0.15) is 5.82 Å². The minimum absolute atomic E-state index is 0.142. The molecule has 0 atom stereocenters. The number of thioether (sulfide) groups is 1. The lowest BCUT2D eigenvalue weighted by Gasteiger charge is -2.33. The first-order valence-corrected chi connectivity index (χ1v) is 10.5. The molecule has 4 nitrogen and oxygen atoms in total. The molecule has 1 amide bonds. The molecule has 0 bridgehead atoms. The van der Waals surface area contributed by atoms with Crippen molar-refractivity contribution in [1.29, 1.82) is 0 Å². The number of nitrogens with one attached hydrogen (secondary N) is 1. The van der Waals surface area contributed by atoms with E-state index in [4.69, 9.17) is 0 Å². The molecule has 3 aliphatic heterocycles. The fraction of sp³-hybridized carbons (Fsp3) is 0.227. The summed E-state index contributed by atoms with van der Waals surface area (Å²) in [6, 6.07) is 5.09. The van der Waals surface area contributed by atoms with Crippen LogP contribution < -0.4 is 5.32 Å². The first-order chi connectivity index (χ1) is 13.7. The number of hydrogen-bond donors (Lipinski definition) is 1. The highest BCUT2D eigenvalue weighted by atomic mass is 32.2. The van der Waals surface area contributed by atoms with Crippen molar-refractivity contribution in [1.82, 2.24) is 15.1 Å². The summed E-state index contributed by atoms with van der Waals surface area (Å²) in [7, 11) is 0. The summed E-state index contributed by atoms with van der Waals surface area (Å²) in [4.78, 5) is 17.5. The molecule has 0 aromatic heterocycles. The Kier molecular flexibility index (Phi) is 5.50. The van der Waals surface area contributed by atoms with Crippen LogP contribution in [0.25, 0.3) is 5.57 Å². The predicted molar refractivity (Wildman–Crippen MR) is 112 cm³/mol. The van der Waals surface area contributed by atoms with E-state index in [1.54, 1.807) is 17.0 Å². The molecule has 0 unspecified atom stereocenters. The van der Waals surface area contributed by atoms with Crippen LogP contribution in [0, 0.1) is 5.82 Å². The quantitative estimate of drug-likeness (QED) is 0.795. The molecular weight excluding hydrogens is 373 g/mol. The van der Waals surface area contributed by atoms with Gasteiger partial charge in [-0.15, -0.1) is 11.8 Å². The van der Waals surface area contributed by atoms with Gasteiger partial charge in [0.25, 0.3) is 5.91 Å². The van der Waals surface area contributed by atoms with Gasteiger partial charge >= 0.3 is 0 Å². The normalized spacial score (nSPS) is 24.4. The molecule has 1 saturated heterocycles. The maximum absolute atomic E-state index is 14.2. The maximum Gasteiger partial charge on any atom is 0.255 e. The Labute approximate surface area is 168 Å². The van der Waals surface area contributed by atoms with Gasteiger partial charge in [-0.3, -0.25) is 9.69 Å². The van der Waals surface area contributed by atoms with E-state index >= 15 is 0 Å². The van der Waals surface area contributed by atoms with Crippen LogP contribution in [-0.4, -0.2) is 48.1 Å². The fourth-order valence-electron chi connectivity index (χ4n) is 3.46. The Morgan fingerprint density at radius 2 is 1.89 bits per heavy atom. The number of rotatable bonds is 3. The van der Waals surface area contributed by atoms with Gasteiger partial charge < -0.3 is 10.2 Å². The molecule has 3 aliphatic rings. The molecule has 3 heterocycles. The Bertz CT molecular complexity index is 939. The first-order valence-electron chi connectivity index (χ1n) is 9.28. The number of nitrogens with zero attached hydrogens (tertiary/aromatic N) is 2. The fourth-order valence-corrected chi connectivity index (χ4v) is 3.92. The number of carbonyl (C=O) groups excluding carboxylic acids is 1. The summed E-state index contributed by atoms with van der Waals surface area (Å²) in [6.07, 6.45) is 15.0. The Morgan fingerprint density at radius 3 is 2.64 bits per heavy atom. The van der Waals surface area contributed by atoms with E-state index in [1.807, 2.05) is 42.8 Å². The summed E-state index contributed by atoms with van der Waals surface area (Å²) >= 11 is 1.37. The lowest BCUT2D eigenvalue weighted by molar-refractivity contribution is -0.122. The Morgan fingerprint density at radius 1 is 1.11 bits per heavy atom. The third-order valence-electron chi connectivity index (χ3n) is 4.99. The number of halogens is 1. The molecule has 1 N–H and O–H groups in total. The highest BCUT2D eigenvalue weighted by Gasteiger charge is 2.21. The lowest BCUT2D eigenvalue weighted by atomic mass is 10.0. The molecule has 0 saturated carbocycles. The van der Waals surface area contributed by atoms with Gasteiger partial charge in [-0.2, -0.15) is 0 Å². The highest BCUT2D eigenvalue weighted by Crippen LogP contribution is 2.27. The molecule has 0 aliphatic carbocycles. The van der Waals surface area contributed by atoms with Gasteiger partial charge in [-0.05, 0) is 47.8 Å². The summed E-state index contributed by atoms with van der Waals surface area (Å²) in [6.45, 7) is 3.71. The highest BCUT2D eigenvalue weighted by molar-refractivity contribution is 7.98. The number of hydrogen-bond acceptors (Lipinski definition) is 4. The molecule has 28 heavy (non-hydrogen) atoms. The molecule has 0 spiro atoms. The minimum Gasteiger partial charge on any atom is -0.368 e. The van der Waals surface area contributed by atoms with Crippen LogP contribution in [0.15, 0.2) is 77.1 Å². The van der Waals surface area contributed by atoms with Crippen molar-refractivity contribution in [3.63, 3.8) is 0 Å². The van der Waals surface area contributed by atoms with E-state index in [2.05, 4.69) is 16.3 Å². The molecule has 6 heteroatoms. The molecule has 1 aromatic rings. The van der Waals surface area contributed by atoms with Gasteiger partial charge in [0.05, 0.1) is 5.70 Å². The average Bonchev–Trinajstić information content (AvgIpc) is 2.72. The molecule has 0 radical (unpaired) electrons. The number of piperazine rings is 1. The van der Waals surface area contributed by atoms with Crippen LogP contribution in [0.5, 0.6) is 0 Å². The van der Waals surface area contributed by atoms with Gasteiger partial charge in [0.15, 0.2) is 0 Å². The standard InChI is InChI=1S/C22H22FN3OS/c1-28-21-8-5-17(13-20(21)23)16-3-2-4-18-6-7-19(15-26(18)22(27)14-16)25-11-9-24-10-12-25/h2-8,13-15,24H,9-12H2,1H3/b3-2+,16-14+,18-4+. The van der Waals surface area contributed by atoms with Crippen LogP contribution in [0.4, 0.5) is 4.39 Å². The third-order valence-corrected chi connectivity index (χ3v) is 5.76. The van der Waals surface area contributed by atoms with Crippen molar-refractivity contribution < 1.29 is 9.18 Å². The number of carbonyl (C=O) groups is 1. The summed E-state index contributed by atoms with van der Waals surface area (Å²) < 4.78 is 14.2. The largest absolute Gasteiger partial charge is 0.368 e. The SMILES string of the molecule is CSc1ccc(C2=C\C(=O)N3C=C(N4CCNCC4)C=C\C3=C/C=C/2)cc1F. The Hall–Kier alpha value is -2.57. The molecule has 1 fully saturated rings. The summed E-state index contributed by atoms with van der Waals surface area (Å²) in [5.41, 5.74) is 3.23. The van der Waals surface area contributed by atoms with Gasteiger partial charge in [0.2, 0.25) is 0 Å². The Balaban J connectivity index is 1.65. The third kappa shape index (κ3) is 3.84. The molecule has 1 aromatic carbocycles. The number of fused-ring (bicyclic) bond motifs is 1. The van der Waals surface area contributed by atoms with Gasteiger partial charge in [-0.1, -0.05) is 18.2 Å². The number of allylic oxidation sites excluding steroid dienone is 6. The zero-order chi connectivity index (χ0) is 19.5. The minimum atomic E-state index is -0.271. The molecule has 4 rings (SSSR count). The first kappa shape index (κ1) is 18.8. The number of amides is 1. The van der Waals surface area contributed by atoms with Crippen LogP contribution in [0.3, 0.4) is 0 Å². The zero-order valence-electron chi connectivity index (χ0n) is 15.7. The van der Waals surface area contributed by atoms with Crippen LogP contribution in [-0.2, 0) is 4.79 Å². The van der Waals surface area contributed by atoms with Crippen molar-refractivity contribution in [3.8, 4) is 0 Å². The summed E-state index contributed by atoms with van der Waals surface area (Å²) in [5, 5.41) is 3.34. The lowest BCUT2D eigenvalue weighted by Crippen LogP contribution is -2.43. The average molecular weight is 396 g/mol. The second-order valence-corrected chi connectivity index (χ2v) is 7.58. The second kappa shape index (κ2) is 8.20. The monoisotopic (exact) mass is 395 g/mol. The smallest absolute Gasteiger partial charge is 0.255 e. The van der Waals surface area contributed by atoms with E-state index in [1.165, 1.54) is 17.8 Å². The van der Waals surface area contributed by atoms with Crippen molar-refractivity contribution in [2.45, 2.75) is 4.90 Å². The van der Waals surface area contributed by atoms with E-state index < -0.39 is 0 Å². The topological polar surface area (TPSA) is 35.6 Å². The van der Waals surface area contributed by atoms with E-state index in [-0.39, 0.29) is 11.7 Å². The van der Waals surface area contributed by atoms with Gasteiger partial charge in [-0.25, -0.2) is 4.39 Å². The van der Waals surface area contributed by atoms with Gasteiger partial charge in [0, 0.05) is 49.0 Å². The van der Waals surface area contributed by atoms with E-state index in [9.17, 15) is 9.18 Å². The van der Waals surface area contributed by atoms with E-state index in [0.717, 1.165) is 37.6 Å². The van der Waals surface area contributed by atoms with Crippen molar-refractivity contribution in [2.75, 3.05) is 32.4 Å². The number of benzene rings is 1. The van der Waals surface area contributed by atoms with Crippen LogP contribution in [0.1, 0.15) is 5.56 Å². The van der Waals surface area contributed by atoms with Crippen LogP contribution >= 0.6 is 11.8 Å². The van der Waals surface area contributed by atoms with E-state index in [0.29, 0.717) is 16.0 Å². The molecule has 144 valence electrons. The second-order valence-electron chi connectivity index (χ2n) is 6.73. The summed E-state index contributed by atoms with van der Waals surface area (Å²) in [5.74, 6) is -0.413. The van der Waals surface area contributed by atoms with Crippen LogP contribution in [0.2, 0.25) is 0 Å². The van der Waals surface area contributed by atoms with Crippen molar-refractivity contribution >= 4 is 23.2 Å².